The number of carbonyl (C=O) groups is 2. The number of aryl methyl sites for hydroxylation is 2. The molecule has 0 saturated carbocycles. The van der Waals surface area contributed by atoms with Crippen molar-refractivity contribution in [2.24, 2.45) is 0 Å². The second-order valence-electron chi connectivity index (χ2n) is 6.32. The third-order valence-electron chi connectivity index (χ3n) is 4.37. The second kappa shape index (κ2) is 7.04. The average molecular weight is 350 g/mol. The molecule has 3 rings (SSSR count). The van der Waals surface area contributed by atoms with Crippen molar-refractivity contribution >= 4 is 23.1 Å². The lowest BCUT2D eigenvalue weighted by Crippen LogP contribution is -2.27. The highest BCUT2D eigenvalue weighted by atomic mass is 16.5. The van der Waals surface area contributed by atoms with E-state index < -0.39 is 0 Å². The summed E-state index contributed by atoms with van der Waals surface area (Å²) in [6, 6.07) is 13.2. The second-order valence-corrected chi connectivity index (χ2v) is 6.32. The summed E-state index contributed by atoms with van der Waals surface area (Å²) in [7, 11) is 1.50. The summed E-state index contributed by atoms with van der Waals surface area (Å²) in [6.07, 6.45) is 0. The predicted octanol–water partition coefficient (Wildman–Crippen LogP) is 3.52. The minimum absolute atomic E-state index is 0.296. The number of imide groups is 1. The van der Waals surface area contributed by atoms with Crippen molar-refractivity contribution in [2.45, 2.75) is 20.8 Å². The van der Waals surface area contributed by atoms with Crippen molar-refractivity contribution < 1.29 is 14.3 Å². The molecule has 0 atom stereocenters. The Bertz CT molecular complexity index is 898. The van der Waals surface area contributed by atoms with Crippen molar-refractivity contribution in [3.8, 4) is 5.75 Å². The smallest absolute Gasteiger partial charge is 0.277 e. The van der Waals surface area contributed by atoms with Crippen LogP contribution in [0.5, 0.6) is 5.75 Å². The van der Waals surface area contributed by atoms with Crippen LogP contribution in [0.2, 0.25) is 0 Å². The number of likely N-dealkylation sites (N-methyl/N-ethyl adjacent to an activating group) is 1. The van der Waals surface area contributed by atoms with E-state index in [1.165, 1.54) is 7.05 Å². The SMILES string of the molecule is CCOc1ccc(NC2=C(c3ccc(C)cc3C)C(=O)N(C)C2=O)cc1. The van der Waals surface area contributed by atoms with Gasteiger partial charge >= 0.3 is 0 Å². The quantitative estimate of drug-likeness (QED) is 0.838. The Morgan fingerprint density at radius 2 is 1.69 bits per heavy atom. The van der Waals surface area contributed by atoms with E-state index in [1.807, 2.05) is 63.2 Å². The molecule has 0 fully saturated rings. The largest absolute Gasteiger partial charge is 0.494 e. The molecule has 2 aromatic rings. The highest BCUT2D eigenvalue weighted by molar-refractivity contribution is 6.36. The van der Waals surface area contributed by atoms with Gasteiger partial charge in [-0.1, -0.05) is 23.8 Å². The van der Waals surface area contributed by atoms with Crippen molar-refractivity contribution in [2.75, 3.05) is 19.0 Å². The molecule has 0 saturated heterocycles. The number of hydrogen-bond acceptors (Lipinski definition) is 4. The average Bonchev–Trinajstić information content (AvgIpc) is 2.82. The zero-order valence-electron chi connectivity index (χ0n) is 15.4. The van der Waals surface area contributed by atoms with Crippen LogP contribution in [0, 0.1) is 13.8 Å². The van der Waals surface area contributed by atoms with E-state index in [9.17, 15) is 9.59 Å². The molecule has 1 N–H and O–H groups in total. The van der Waals surface area contributed by atoms with Gasteiger partial charge in [-0.3, -0.25) is 14.5 Å². The number of hydrogen-bond donors (Lipinski definition) is 1. The van der Waals surface area contributed by atoms with Crippen LogP contribution >= 0.6 is 0 Å². The van der Waals surface area contributed by atoms with Crippen LogP contribution in [0.4, 0.5) is 5.69 Å². The van der Waals surface area contributed by atoms with Crippen molar-refractivity contribution in [1.82, 2.24) is 4.90 Å². The first-order valence-electron chi connectivity index (χ1n) is 8.56. The van der Waals surface area contributed by atoms with Gasteiger partial charge in [0.2, 0.25) is 0 Å². The Morgan fingerprint density at radius 3 is 2.31 bits per heavy atom. The molecular formula is C21H22N2O3. The molecule has 5 nitrogen and oxygen atoms in total. The van der Waals surface area contributed by atoms with Crippen LogP contribution in [0.1, 0.15) is 23.6 Å². The topological polar surface area (TPSA) is 58.6 Å². The van der Waals surface area contributed by atoms with Gasteiger partial charge in [0.1, 0.15) is 11.4 Å². The minimum Gasteiger partial charge on any atom is -0.494 e. The molecule has 1 heterocycles. The maximum Gasteiger partial charge on any atom is 0.277 e. The fourth-order valence-corrected chi connectivity index (χ4v) is 3.05. The van der Waals surface area contributed by atoms with E-state index in [0.717, 1.165) is 33.0 Å². The molecular weight excluding hydrogens is 328 g/mol. The third kappa shape index (κ3) is 3.20. The summed E-state index contributed by atoms with van der Waals surface area (Å²) in [5, 5.41) is 3.12. The fraction of sp³-hybridized carbons (Fsp3) is 0.238. The Balaban J connectivity index is 2.03. The maximum absolute atomic E-state index is 12.7. The van der Waals surface area contributed by atoms with E-state index >= 15 is 0 Å². The first kappa shape index (κ1) is 17.7. The lowest BCUT2D eigenvalue weighted by molar-refractivity contribution is -0.135. The lowest BCUT2D eigenvalue weighted by atomic mass is 9.97. The van der Waals surface area contributed by atoms with Gasteiger partial charge in [0, 0.05) is 12.7 Å². The summed E-state index contributed by atoms with van der Waals surface area (Å²) in [4.78, 5) is 26.4. The number of amides is 2. The number of ether oxygens (including phenoxy) is 1. The number of nitrogens with zero attached hydrogens (tertiary/aromatic N) is 1. The minimum atomic E-state index is -0.334. The predicted molar refractivity (Wildman–Crippen MR) is 102 cm³/mol. The van der Waals surface area contributed by atoms with Crippen molar-refractivity contribution in [3.63, 3.8) is 0 Å². The van der Waals surface area contributed by atoms with E-state index in [2.05, 4.69) is 5.32 Å². The van der Waals surface area contributed by atoms with Crippen LogP contribution in [0.3, 0.4) is 0 Å². The number of benzene rings is 2. The molecule has 1 aliphatic heterocycles. The number of carbonyl (C=O) groups excluding carboxylic acids is 2. The summed E-state index contributed by atoms with van der Waals surface area (Å²) in [6.45, 7) is 6.45. The van der Waals surface area contributed by atoms with Gasteiger partial charge in [0.15, 0.2) is 0 Å². The van der Waals surface area contributed by atoms with Gasteiger partial charge in [-0.05, 0) is 56.2 Å². The molecule has 0 spiro atoms. The highest BCUT2D eigenvalue weighted by Gasteiger charge is 2.37. The van der Waals surface area contributed by atoms with Crippen molar-refractivity contribution in [1.29, 1.82) is 0 Å². The molecule has 0 bridgehead atoms. The van der Waals surface area contributed by atoms with Gasteiger partial charge in [-0.15, -0.1) is 0 Å². The molecule has 0 aliphatic carbocycles. The van der Waals surface area contributed by atoms with E-state index in [1.54, 1.807) is 0 Å². The van der Waals surface area contributed by atoms with Crippen LogP contribution < -0.4 is 10.1 Å². The Hall–Kier alpha value is -3.08. The van der Waals surface area contributed by atoms with Gasteiger partial charge in [0.25, 0.3) is 11.8 Å². The summed E-state index contributed by atoms with van der Waals surface area (Å²) in [5.41, 5.74) is 4.27. The zero-order valence-corrected chi connectivity index (χ0v) is 15.4. The van der Waals surface area contributed by atoms with Crippen LogP contribution in [0.25, 0.3) is 5.57 Å². The Labute approximate surface area is 153 Å². The normalized spacial score (nSPS) is 14.2. The third-order valence-corrected chi connectivity index (χ3v) is 4.37. The Morgan fingerprint density at radius 1 is 1.00 bits per heavy atom. The molecule has 0 aromatic heterocycles. The molecule has 0 radical (unpaired) electrons. The number of rotatable bonds is 5. The van der Waals surface area contributed by atoms with E-state index in [0.29, 0.717) is 17.9 Å². The van der Waals surface area contributed by atoms with E-state index in [4.69, 9.17) is 4.74 Å². The summed E-state index contributed by atoms with van der Waals surface area (Å²) >= 11 is 0. The van der Waals surface area contributed by atoms with Gasteiger partial charge in [0.05, 0.1) is 12.2 Å². The first-order chi connectivity index (χ1) is 12.4. The summed E-state index contributed by atoms with van der Waals surface area (Å²) < 4.78 is 5.43. The van der Waals surface area contributed by atoms with Crippen LogP contribution in [0.15, 0.2) is 48.2 Å². The first-order valence-corrected chi connectivity index (χ1v) is 8.56. The standard InChI is InChI=1S/C21H22N2O3/c1-5-26-16-9-7-15(8-10-16)22-19-18(20(24)23(4)21(19)25)17-11-6-13(2)12-14(17)3/h6-12,22H,5H2,1-4H3. The van der Waals surface area contributed by atoms with E-state index in [-0.39, 0.29) is 11.8 Å². The number of nitrogens with one attached hydrogen (secondary N) is 1. The molecule has 2 amide bonds. The van der Waals surface area contributed by atoms with Crippen LogP contribution in [-0.2, 0) is 9.59 Å². The monoisotopic (exact) mass is 350 g/mol. The molecule has 1 aliphatic rings. The lowest BCUT2D eigenvalue weighted by Gasteiger charge is -2.11. The van der Waals surface area contributed by atoms with Gasteiger partial charge < -0.3 is 10.1 Å². The molecule has 5 heteroatoms. The number of anilines is 1. The van der Waals surface area contributed by atoms with Crippen LogP contribution in [-0.4, -0.2) is 30.4 Å². The van der Waals surface area contributed by atoms with Gasteiger partial charge in [-0.25, -0.2) is 0 Å². The maximum atomic E-state index is 12.7. The fourth-order valence-electron chi connectivity index (χ4n) is 3.05. The van der Waals surface area contributed by atoms with Crippen molar-refractivity contribution in [3.05, 3.63) is 64.9 Å². The molecule has 2 aromatic carbocycles. The molecule has 134 valence electrons. The molecule has 26 heavy (non-hydrogen) atoms. The highest BCUT2D eigenvalue weighted by Crippen LogP contribution is 2.32. The summed E-state index contributed by atoms with van der Waals surface area (Å²) in [5.74, 6) is 0.127. The Kier molecular flexibility index (Phi) is 4.80. The molecule has 0 unspecified atom stereocenters. The van der Waals surface area contributed by atoms with Gasteiger partial charge in [-0.2, -0.15) is 0 Å². The zero-order chi connectivity index (χ0) is 18.8.